The third kappa shape index (κ3) is 5.98. The Morgan fingerprint density at radius 1 is 0.900 bits per heavy atom. The van der Waals surface area contributed by atoms with Crippen LogP contribution in [0.5, 0.6) is 17.4 Å². The Kier molecular flexibility index (Phi) is 6.91. The van der Waals surface area contributed by atoms with Crippen LogP contribution in [0.4, 0.5) is 13.2 Å². The highest BCUT2D eigenvalue weighted by molar-refractivity contribution is 5.72. The molecule has 0 spiro atoms. The number of nitrogens with zero attached hydrogens (tertiary/aromatic N) is 1. The first-order valence-electron chi connectivity index (χ1n) is 9.34. The van der Waals surface area contributed by atoms with Crippen LogP contribution in [0.15, 0.2) is 84.9 Å². The van der Waals surface area contributed by atoms with Crippen molar-refractivity contribution >= 4 is 11.6 Å². The van der Waals surface area contributed by atoms with Gasteiger partial charge in [-0.05, 0) is 55.0 Å². The van der Waals surface area contributed by atoms with Gasteiger partial charge < -0.3 is 9.47 Å². The number of hydrogen-bond donors (Lipinski definition) is 0. The van der Waals surface area contributed by atoms with Crippen molar-refractivity contribution in [3.63, 3.8) is 0 Å². The first kappa shape index (κ1) is 21.2. The number of benzene rings is 2. The Labute approximate surface area is 173 Å². The molecule has 0 saturated heterocycles. The fourth-order valence-corrected chi connectivity index (χ4v) is 2.68. The van der Waals surface area contributed by atoms with Gasteiger partial charge in [0.1, 0.15) is 11.5 Å². The van der Waals surface area contributed by atoms with Gasteiger partial charge in [0.05, 0.1) is 17.9 Å². The van der Waals surface area contributed by atoms with E-state index in [1.165, 1.54) is 36.4 Å². The Hall–Kier alpha value is -3.54. The van der Waals surface area contributed by atoms with Crippen LogP contribution >= 0.6 is 0 Å². The number of para-hydroxylation sites is 1. The highest BCUT2D eigenvalue weighted by Crippen LogP contribution is 2.34. The van der Waals surface area contributed by atoms with Crippen LogP contribution in [-0.2, 0) is 0 Å². The molecule has 1 heterocycles. The Morgan fingerprint density at radius 2 is 1.63 bits per heavy atom. The predicted molar refractivity (Wildman–Crippen MR) is 111 cm³/mol. The molecule has 2 aromatic carbocycles. The molecule has 0 aliphatic heterocycles. The fraction of sp³-hybridized carbons (Fsp3) is 0.125. The van der Waals surface area contributed by atoms with Gasteiger partial charge in [-0.15, -0.1) is 0 Å². The van der Waals surface area contributed by atoms with Crippen LogP contribution in [0.2, 0.25) is 0 Å². The second-order valence-electron chi connectivity index (χ2n) is 6.21. The van der Waals surface area contributed by atoms with Crippen LogP contribution in [0, 0.1) is 0 Å². The second-order valence-corrected chi connectivity index (χ2v) is 6.21. The van der Waals surface area contributed by atoms with E-state index in [0.29, 0.717) is 29.7 Å². The van der Waals surface area contributed by atoms with E-state index in [9.17, 15) is 13.2 Å². The standard InChI is InChI=1S/C24H20F3NO2/c1-2-29-20-16-14-18(15-17-20)22(24(25,26)27)12-6-8-19-9-7-13-23(28-19)30-21-10-4-3-5-11-21/h3-17H,2H2,1H3. The molecule has 0 fully saturated rings. The van der Waals surface area contributed by atoms with Crippen molar-refractivity contribution in [2.75, 3.05) is 6.61 Å². The molecule has 6 heteroatoms. The molecular weight excluding hydrogens is 391 g/mol. The third-order valence-corrected chi connectivity index (χ3v) is 4.02. The van der Waals surface area contributed by atoms with Gasteiger partial charge in [0.25, 0.3) is 0 Å². The van der Waals surface area contributed by atoms with Gasteiger partial charge in [0.2, 0.25) is 5.88 Å². The zero-order valence-corrected chi connectivity index (χ0v) is 16.3. The number of aromatic nitrogens is 1. The summed E-state index contributed by atoms with van der Waals surface area (Å²) < 4.78 is 51.5. The summed E-state index contributed by atoms with van der Waals surface area (Å²) in [5.74, 6) is 1.51. The summed E-state index contributed by atoms with van der Waals surface area (Å²) in [6, 6.07) is 20.1. The predicted octanol–water partition coefficient (Wildman–Crippen LogP) is 6.93. The van der Waals surface area contributed by atoms with Crippen LogP contribution in [0.1, 0.15) is 18.2 Å². The van der Waals surface area contributed by atoms with Gasteiger partial charge in [0.15, 0.2) is 0 Å². The molecule has 0 saturated carbocycles. The number of hydrogen-bond acceptors (Lipinski definition) is 3. The van der Waals surface area contributed by atoms with Crippen molar-refractivity contribution < 1.29 is 22.6 Å². The normalized spacial score (nSPS) is 12.2. The quantitative estimate of drug-likeness (QED) is 0.395. The van der Waals surface area contributed by atoms with E-state index in [4.69, 9.17) is 9.47 Å². The Morgan fingerprint density at radius 3 is 2.30 bits per heavy atom. The minimum absolute atomic E-state index is 0.0599. The van der Waals surface area contributed by atoms with Crippen LogP contribution in [0.25, 0.3) is 11.6 Å². The average molecular weight is 411 g/mol. The minimum Gasteiger partial charge on any atom is -0.494 e. The van der Waals surface area contributed by atoms with Crippen LogP contribution in [-0.4, -0.2) is 17.8 Å². The molecule has 0 N–H and O–H groups in total. The largest absolute Gasteiger partial charge is 0.494 e. The number of rotatable bonds is 7. The van der Waals surface area contributed by atoms with Crippen LogP contribution < -0.4 is 9.47 Å². The van der Waals surface area contributed by atoms with Gasteiger partial charge in [-0.3, -0.25) is 0 Å². The molecule has 0 amide bonds. The highest BCUT2D eigenvalue weighted by Gasteiger charge is 2.34. The Bertz CT molecular complexity index is 1010. The topological polar surface area (TPSA) is 31.4 Å². The molecule has 0 bridgehead atoms. The molecule has 0 aliphatic carbocycles. The first-order valence-corrected chi connectivity index (χ1v) is 9.34. The van der Waals surface area contributed by atoms with Crippen molar-refractivity contribution in [3.8, 4) is 17.4 Å². The van der Waals surface area contributed by atoms with Crippen molar-refractivity contribution in [1.29, 1.82) is 0 Å². The maximum atomic E-state index is 13.5. The van der Waals surface area contributed by atoms with Crippen LogP contribution in [0.3, 0.4) is 0 Å². The summed E-state index contributed by atoms with van der Waals surface area (Å²) in [7, 11) is 0. The number of ether oxygens (including phenoxy) is 2. The molecule has 0 radical (unpaired) electrons. The Balaban J connectivity index is 1.79. The lowest BCUT2D eigenvalue weighted by Gasteiger charge is -2.12. The third-order valence-electron chi connectivity index (χ3n) is 4.02. The van der Waals surface area contributed by atoms with E-state index in [2.05, 4.69) is 4.98 Å². The van der Waals surface area contributed by atoms with Gasteiger partial charge >= 0.3 is 6.18 Å². The molecule has 3 rings (SSSR count). The van der Waals surface area contributed by atoms with Crippen molar-refractivity contribution in [2.45, 2.75) is 13.1 Å². The lowest BCUT2D eigenvalue weighted by Crippen LogP contribution is -2.10. The lowest BCUT2D eigenvalue weighted by atomic mass is 10.0. The van der Waals surface area contributed by atoms with E-state index < -0.39 is 11.7 Å². The number of halogens is 3. The van der Waals surface area contributed by atoms with Gasteiger partial charge in [0, 0.05) is 6.07 Å². The summed E-state index contributed by atoms with van der Waals surface area (Å²) >= 11 is 0. The van der Waals surface area contributed by atoms with E-state index in [1.807, 2.05) is 25.1 Å². The first-order chi connectivity index (χ1) is 14.5. The maximum Gasteiger partial charge on any atom is 0.416 e. The van der Waals surface area contributed by atoms with Crippen molar-refractivity contribution in [3.05, 3.63) is 96.2 Å². The average Bonchev–Trinajstić information content (AvgIpc) is 2.72. The lowest BCUT2D eigenvalue weighted by molar-refractivity contribution is -0.0689. The van der Waals surface area contributed by atoms with E-state index in [0.717, 1.165) is 6.08 Å². The zero-order valence-electron chi connectivity index (χ0n) is 16.3. The number of allylic oxidation sites excluding steroid dienone is 3. The summed E-state index contributed by atoms with van der Waals surface area (Å²) in [6.45, 7) is 2.26. The molecule has 0 unspecified atom stereocenters. The number of alkyl halides is 3. The van der Waals surface area contributed by atoms with E-state index >= 15 is 0 Å². The smallest absolute Gasteiger partial charge is 0.416 e. The monoisotopic (exact) mass is 411 g/mol. The van der Waals surface area contributed by atoms with E-state index in [1.54, 1.807) is 30.3 Å². The molecule has 0 atom stereocenters. The van der Waals surface area contributed by atoms with Crippen molar-refractivity contribution in [2.24, 2.45) is 0 Å². The van der Waals surface area contributed by atoms with Gasteiger partial charge in [-0.2, -0.15) is 13.2 Å². The molecule has 154 valence electrons. The van der Waals surface area contributed by atoms with Crippen molar-refractivity contribution in [1.82, 2.24) is 4.98 Å². The summed E-state index contributed by atoms with van der Waals surface area (Å²) in [4.78, 5) is 4.30. The molecule has 30 heavy (non-hydrogen) atoms. The summed E-state index contributed by atoms with van der Waals surface area (Å²) in [5.41, 5.74) is -0.212. The molecular formula is C24H20F3NO2. The number of pyridine rings is 1. The van der Waals surface area contributed by atoms with Gasteiger partial charge in [-0.1, -0.05) is 42.5 Å². The SMILES string of the molecule is CCOc1ccc(C(=CC=Cc2cccc(Oc3ccccc3)n2)C(F)(F)F)cc1. The molecule has 3 aromatic rings. The highest BCUT2D eigenvalue weighted by atomic mass is 19.4. The molecule has 1 aromatic heterocycles. The van der Waals surface area contributed by atoms with Gasteiger partial charge in [-0.25, -0.2) is 4.98 Å². The zero-order chi connectivity index (χ0) is 21.4. The van der Waals surface area contributed by atoms with E-state index in [-0.39, 0.29) is 5.56 Å². The summed E-state index contributed by atoms with van der Waals surface area (Å²) in [6.07, 6.45) is -0.642. The molecule has 3 nitrogen and oxygen atoms in total. The molecule has 0 aliphatic rings. The second kappa shape index (κ2) is 9.78. The maximum absolute atomic E-state index is 13.5. The fourth-order valence-electron chi connectivity index (χ4n) is 2.68. The minimum atomic E-state index is -4.50. The summed E-state index contributed by atoms with van der Waals surface area (Å²) in [5, 5.41) is 0.